The summed E-state index contributed by atoms with van der Waals surface area (Å²) in [5.74, 6) is 0.389. The number of nitrogens with zero attached hydrogens (tertiary/aromatic N) is 1. The lowest BCUT2D eigenvalue weighted by molar-refractivity contribution is 0.121. The smallest absolute Gasteiger partial charge is 0.141 e. The first-order chi connectivity index (χ1) is 6.75. The van der Waals surface area contributed by atoms with Crippen LogP contribution in [0.15, 0.2) is 18.3 Å². The molecule has 2 heterocycles. The molecule has 0 amide bonds. The van der Waals surface area contributed by atoms with Crippen LogP contribution in [0, 0.1) is 5.82 Å². The van der Waals surface area contributed by atoms with Gasteiger partial charge in [0.05, 0.1) is 18.3 Å². The van der Waals surface area contributed by atoms with Gasteiger partial charge in [0, 0.05) is 6.61 Å². The number of anilines is 1. The van der Waals surface area contributed by atoms with E-state index in [0.29, 0.717) is 5.82 Å². The second-order valence-electron chi connectivity index (χ2n) is 3.48. The maximum atomic E-state index is 12.6. The Hall–Kier alpha value is -1.16. The highest BCUT2D eigenvalue weighted by atomic mass is 19.1. The zero-order valence-corrected chi connectivity index (χ0v) is 8.03. The van der Waals surface area contributed by atoms with Crippen molar-refractivity contribution in [2.75, 3.05) is 11.9 Å². The van der Waals surface area contributed by atoms with Gasteiger partial charge in [-0.1, -0.05) is 0 Å². The first-order valence-electron chi connectivity index (χ1n) is 4.75. The summed E-state index contributed by atoms with van der Waals surface area (Å²) in [5, 5.41) is 3.22. The molecule has 1 aromatic heterocycles. The number of halogens is 1. The molecule has 1 N–H and O–H groups in total. The maximum absolute atomic E-state index is 12.6. The molecule has 76 valence electrons. The average Bonchev–Trinajstić information content (AvgIpc) is 2.56. The minimum Gasteiger partial charge on any atom is -0.376 e. The standard InChI is InChI=1S/C10H13FN2O/c1-7-9(4-5-14-7)13-10-3-2-8(11)6-12-10/h2-3,6-7,9H,4-5H2,1H3,(H,12,13). The molecule has 2 rings (SSSR count). The maximum Gasteiger partial charge on any atom is 0.141 e. The van der Waals surface area contributed by atoms with E-state index in [1.54, 1.807) is 6.07 Å². The van der Waals surface area contributed by atoms with Gasteiger partial charge in [-0.25, -0.2) is 9.37 Å². The van der Waals surface area contributed by atoms with Crippen molar-refractivity contribution in [3.8, 4) is 0 Å². The van der Waals surface area contributed by atoms with Gasteiger partial charge in [0.15, 0.2) is 0 Å². The van der Waals surface area contributed by atoms with Crippen molar-refractivity contribution in [3.63, 3.8) is 0 Å². The zero-order chi connectivity index (χ0) is 9.97. The molecule has 0 saturated carbocycles. The Morgan fingerprint density at radius 2 is 2.43 bits per heavy atom. The van der Waals surface area contributed by atoms with Gasteiger partial charge < -0.3 is 10.1 Å². The lowest BCUT2D eigenvalue weighted by Gasteiger charge is -2.16. The molecule has 2 unspecified atom stereocenters. The summed E-state index contributed by atoms with van der Waals surface area (Å²) in [4.78, 5) is 3.93. The second kappa shape index (κ2) is 3.92. The lowest BCUT2D eigenvalue weighted by atomic mass is 10.1. The molecule has 1 aromatic rings. The zero-order valence-electron chi connectivity index (χ0n) is 8.03. The van der Waals surface area contributed by atoms with Crippen LogP contribution in [0.1, 0.15) is 13.3 Å². The molecule has 0 aliphatic carbocycles. The molecule has 3 nitrogen and oxygen atoms in total. The molecule has 0 aromatic carbocycles. The first-order valence-corrected chi connectivity index (χ1v) is 4.75. The molecule has 1 aliphatic heterocycles. The minimum atomic E-state index is -0.314. The van der Waals surface area contributed by atoms with E-state index in [9.17, 15) is 4.39 Å². The Morgan fingerprint density at radius 3 is 3.00 bits per heavy atom. The van der Waals surface area contributed by atoms with Crippen molar-refractivity contribution < 1.29 is 9.13 Å². The Labute approximate surface area is 82.3 Å². The largest absolute Gasteiger partial charge is 0.376 e. The summed E-state index contributed by atoms with van der Waals surface area (Å²) in [6.07, 6.45) is 2.38. The van der Waals surface area contributed by atoms with Crippen molar-refractivity contribution in [2.45, 2.75) is 25.5 Å². The summed E-state index contributed by atoms with van der Waals surface area (Å²) in [6.45, 7) is 2.80. The molecule has 4 heteroatoms. The third-order valence-electron chi connectivity index (χ3n) is 2.44. The highest BCUT2D eigenvalue weighted by Crippen LogP contribution is 2.17. The van der Waals surface area contributed by atoms with Crippen LogP contribution in [0.2, 0.25) is 0 Å². The van der Waals surface area contributed by atoms with Gasteiger partial charge in [-0.3, -0.25) is 0 Å². The molecule has 0 spiro atoms. The number of rotatable bonds is 2. The highest BCUT2D eigenvalue weighted by molar-refractivity contribution is 5.35. The Bertz CT molecular complexity index is 301. The first kappa shape index (κ1) is 9.40. The van der Waals surface area contributed by atoms with Crippen LogP contribution in [-0.4, -0.2) is 23.7 Å². The Kier molecular flexibility index (Phi) is 2.63. The molecule has 0 radical (unpaired) electrons. The van der Waals surface area contributed by atoms with E-state index in [4.69, 9.17) is 4.74 Å². The van der Waals surface area contributed by atoms with Crippen LogP contribution >= 0.6 is 0 Å². The molecule has 1 fully saturated rings. The fourth-order valence-corrected chi connectivity index (χ4v) is 1.57. The number of ether oxygens (including phenoxy) is 1. The third kappa shape index (κ3) is 2.01. The number of pyridine rings is 1. The molecule has 1 saturated heterocycles. The minimum absolute atomic E-state index is 0.196. The topological polar surface area (TPSA) is 34.1 Å². The van der Waals surface area contributed by atoms with E-state index in [1.807, 2.05) is 6.92 Å². The van der Waals surface area contributed by atoms with Crippen molar-refractivity contribution in [2.24, 2.45) is 0 Å². The molecule has 14 heavy (non-hydrogen) atoms. The van der Waals surface area contributed by atoms with Crippen LogP contribution in [-0.2, 0) is 4.74 Å². The van der Waals surface area contributed by atoms with Gasteiger partial charge in [-0.05, 0) is 25.5 Å². The lowest BCUT2D eigenvalue weighted by Crippen LogP contribution is -2.27. The summed E-state index contributed by atoms with van der Waals surface area (Å²) in [5.41, 5.74) is 0. The third-order valence-corrected chi connectivity index (χ3v) is 2.44. The van der Waals surface area contributed by atoms with Crippen LogP contribution in [0.4, 0.5) is 10.2 Å². The van der Waals surface area contributed by atoms with E-state index in [1.165, 1.54) is 12.3 Å². The number of nitrogens with one attached hydrogen (secondary N) is 1. The van der Waals surface area contributed by atoms with Gasteiger partial charge in [-0.2, -0.15) is 0 Å². The van der Waals surface area contributed by atoms with Crippen molar-refractivity contribution >= 4 is 5.82 Å². The fourth-order valence-electron chi connectivity index (χ4n) is 1.57. The Balaban J connectivity index is 2.00. The van der Waals surface area contributed by atoms with Gasteiger partial charge in [0.2, 0.25) is 0 Å². The van der Waals surface area contributed by atoms with Crippen molar-refractivity contribution in [3.05, 3.63) is 24.1 Å². The second-order valence-corrected chi connectivity index (χ2v) is 3.48. The average molecular weight is 196 g/mol. The van der Waals surface area contributed by atoms with E-state index in [-0.39, 0.29) is 18.0 Å². The van der Waals surface area contributed by atoms with Gasteiger partial charge >= 0.3 is 0 Å². The number of hydrogen-bond donors (Lipinski definition) is 1. The molecule has 2 atom stereocenters. The molecule has 0 bridgehead atoms. The number of hydrogen-bond acceptors (Lipinski definition) is 3. The van der Waals surface area contributed by atoms with E-state index in [0.717, 1.165) is 13.0 Å². The van der Waals surface area contributed by atoms with Crippen molar-refractivity contribution in [1.29, 1.82) is 0 Å². The Morgan fingerprint density at radius 1 is 1.57 bits per heavy atom. The quantitative estimate of drug-likeness (QED) is 0.783. The molecule has 1 aliphatic rings. The van der Waals surface area contributed by atoms with Crippen LogP contribution < -0.4 is 5.32 Å². The predicted octanol–water partition coefficient (Wildman–Crippen LogP) is 1.81. The van der Waals surface area contributed by atoms with Gasteiger partial charge in [0.1, 0.15) is 11.6 Å². The van der Waals surface area contributed by atoms with Gasteiger partial charge in [0.25, 0.3) is 0 Å². The fraction of sp³-hybridized carbons (Fsp3) is 0.500. The SMILES string of the molecule is CC1OCCC1Nc1ccc(F)cn1. The van der Waals surface area contributed by atoms with E-state index < -0.39 is 0 Å². The van der Waals surface area contributed by atoms with Gasteiger partial charge in [-0.15, -0.1) is 0 Å². The number of aromatic nitrogens is 1. The van der Waals surface area contributed by atoms with E-state index in [2.05, 4.69) is 10.3 Å². The summed E-state index contributed by atoms with van der Waals surface area (Å²) in [6, 6.07) is 3.32. The molecular weight excluding hydrogens is 183 g/mol. The summed E-state index contributed by atoms with van der Waals surface area (Å²) < 4.78 is 18.0. The van der Waals surface area contributed by atoms with Crippen LogP contribution in [0.5, 0.6) is 0 Å². The normalized spacial score (nSPS) is 26.4. The van der Waals surface area contributed by atoms with E-state index >= 15 is 0 Å². The monoisotopic (exact) mass is 196 g/mol. The van der Waals surface area contributed by atoms with Crippen LogP contribution in [0.3, 0.4) is 0 Å². The van der Waals surface area contributed by atoms with Crippen molar-refractivity contribution in [1.82, 2.24) is 4.98 Å². The summed E-state index contributed by atoms with van der Waals surface area (Å²) in [7, 11) is 0. The summed E-state index contributed by atoms with van der Waals surface area (Å²) >= 11 is 0. The molecular formula is C10H13FN2O. The van der Waals surface area contributed by atoms with Crippen LogP contribution in [0.25, 0.3) is 0 Å². The highest BCUT2D eigenvalue weighted by Gasteiger charge is 2.23. The predicted molar refractivity (Wildman–Crippen MR) is 51.6 cm³/mol.